The maximum Gasteiger partial charge on any atom is 0.276 e. The van der Waals surface area contributed by atoms with Gasteiger partial charge in [0.15, 0.2) is 0 Å². The lowest BCUT2D eigenvalue weighted by Gasteiger charge is -2.34. The Kier molecular flexibility index (Phi) is 4.79. The number of carbonyl (C=O) groups is 1. The first-order valence-corrected chi connectivity index (χ1v) is 11.4. The molecule has 2 aromatic rings. The minimum absolute atomic E-state index is 0.0155. The Morgan fingerprint density at radius 1 is 1.10 bits per heavy atom. The van der Waals surface area contributed by atoms with Crippen molar-refractivity contribution in [1.29, 1.82) is 0 Å². The molecule has 30 heavy (non-hydrogen) atoms. The number of hydrogen-bond acceptors (Lipinski definition) is 3. The molecule has 158 valence electrons. The highest BCUT2D eigenvalue weighted by atomic mass is 16.2. The lowest BCUT2D eigenvalue weighted by molar-refractivity contribution is 0.0741. The minimum Gasteiger partial charge on any atom is -0.339 e. The van der Waals surface area contributed by atoms with Crippen molar-refractivity contribution >= 4 is 5.91 Å². The van der Waals surface area contributed by atoms with Gasteiger partial charge in [-0.3, -0.25) is 9.59 Å². The normalized spacial score (nSPS) is 20.9. The zero-order chi connectivity index (χ0) is 20.9. The number of benzene rings is 1. The summed E-state index contributed by atoms with van der Waals surface area (Å²) in [5.41, 5.74) is 3.64. The largest absolute Gasteiger partial charge is 0.339 e. The molecule has 1 aliphatic heterocycles. The molecule has 0 radical (unpaired) electrons. The predicted octanol–water partition coefficient (Wildman–Crippen LogP) is 3.96. The molecular weight excluding hydrogens is 374 g/mol. The van der Waals surface area contributed by atoms with Crippen molar-refractivity contribution in [2.45, 2.75) is 76.2 Å². The van der Waals surface area contributed by atoms with E-state index in [1.807, 2.05) is 4.57 Å². The quantitative estimate of drug-likeness (QED) is 0.774. The number of aromatic nitrogens is 2. The molecule has 0 bridgehead atoms. The van der Waals surface area contributed by atoms with Crippen LogP contribution in [0.1, 0.15) is 83.9 Å². The van der Waals surface area contributed by atoms with E-state index in [9.17, 15) is 9.59 Å². The summed E-state index contributed by atoms with van der Waals surface area (Å²) in [5, 5.41) is 0. The summed E-state index contributed by atoms with van der Waals surface area (Å²) < 4.78 is 2.04. The predicted molar refractivity (Wildman–Crippen MR) is 117 cm³/mol. The molecule has 2 heterocycles. The van der Waals surface area contributed by atoms with Crippen molar-refractivity contribution in [2.75, 3.05) is 13.6 Å². The molecule has 5 heteroatoms. The van der Waals surface area contributed by atoms with E-state index in [1.165, 1.54) is 43.2 Å². The maximum absolute atomic E-state index is 12.8. The molecule has 1 aromatic carbocycles. The van der Waals surface area contributed by atoms with E-state index in [0.717, 1.165) is 25.1 Å². The summed E-state index contributed by atoms with van der Waals surface area (Å²) in [6.45, 7) is 3.10. The van der Waals surface area contributed by atoms with Crippen LogP contribution in [0.15, 0.2) is 29.1 Å². The fourth-order valence-electron chi connectivity index (χ4n) is 5.66. The molecule has 0 unspecified atom stereocenters. The van der Waals surface area contributed by atoms with Crippen LogP contribution in [0.5, 0.6) is 0 Å². The molecule has 1 aromatic heterocycles. The van der Waals surface area contributed by atoms with E-state index in [2.05, 4.69) is 29.2 Å². The van der Waals surface area contributed by atoms with Crippen LogP contribution in [0.4, 0.5) is 0 Å². The average Bonchev–Trinajstić information content (AvgIpc) is 3.17. The van der Waals surface area contributed by atoms with Gasteiger partial charge in [-0.15, -0.1) is 0 Å². The monoisotopic (exact) mass is 405 g/mol. The van der Waals surface area contributed by atoms with Gasteiger partial charge >= 0.3 is 0 Å². The van der Waals surface area contributed by atoms with Gasteiger partial charge in [0, 0.05) is 37.5 Å². The lowest BCUT2D eigenvalue weighted by Crippen LogP contribution is -2.43. The Labute approximate surface area is 178 Å². The van der Waals surface area contributed by atoms with E-state index in [4.69, 9.17) is 0 Å². The zero-order valence-corrected chi connectivity index (χ0v) is 18.1. The van der Waals surface area contributed by atoms with Crippen molar-refractivity contribution in [3.8, 4) is 0 Å². The second kappa shape index (κ2) is 7.36. The van der Waals surface area contributed by atoms with Gasteiger partial charge < -0.3 is 9.47 Å². The Hall–Kier alpha value is -2.43. The van der Waals surface area contributed by atoms with E-state index in [0.29, 0.717) is 30.3 Å². The van der Waals surface area contributed by atoms with E-state index >= 15 is 0 Å². The lowest BCUT2D eigenvalue weighted by atomic mass is 9.73. The summed E-state index contributed by atoms with van der Waals surface area (Å²) in [5.74, 6) is 1.44. The molecule has 0 saturated heterocycles. The van der Waals surface area contributed by atoms with Crippen molar-refractivity contribution in [1.82, 2.24) is 14.5 Å². The Morgan fingerprint density at radius 3 is 2.57 bits per heavy atom. The molecular formula is C25H31N3O2. The topological polar surface area (TPSA) is 55.2 Å². The van der Waals surface area contributed by atoms with Crippen LogP contribution in [0, 0.1) is 6.92 Å². The summed E-state index contributed by atoms with van der Waals surface area (Å²) in [7, 11) is 1.81. The van der Waals surface area contributed by atoms with Crippen LogP contribution in [0.2, 0.25) is 0 Å². The van der Waals surface area contributed by atoms with Crippen LogP contribution >= 0.6 is 0 Å². The van der Waals surface area contributed by atoms with Crippen LogP contribution in [0.25, 0.3) is 0 Å². The minimum atomic E-state index is -0.253. The molecule has 2 aliphatic carbocycles. The van der Waals surface area contributed by atoms with Gasteiger partial charge in [0.1, 0.15) is 11.5 Å². The van der Waals surface area contributed by atoms with Gasteiger partial charge in [-0.1, -0.05) is 43.5 Å². The fourth-order valence-corrected chi connectivity index (χ4v) is 5.66. The smallest absolute Gasteiger partial charge is 0.276 e. The van der Waals surface area contributed by atoms with Gasteiger partial charge in [0.05, 0.1) is 0 Å². The number of rotatable bonds is 4. The van der Waals surface area contributed by atoms with Gasteiger partial charge in [-0.2, -0.15) is 4.98 Å². The average molecular weight is 406 g/mol. The second-order valence-corrected chi connectivity index (χ2v) is 9.60. The zero-order valence-electron chi connectivity index (χ0n) is 18.1. The number of amides is 1. The first-order valence-electron chi connectivity index (χ1n) is 11.4. The van der Waals surface area contributed by atoms with E-state index in [-0.39, 0.29) is 16.9 Å². The number of hydrogen-bond donors (Lipinski definition) is 0. The third-order valence-corrected chi connectivity index (χ3v) is 7.83. The van der Waals surface area contributed by atoms with Crippen LogP contribution in [-0.2, 0) is 18.4 Å². The Bertz CT molecular complexity index is 1040. The van der Waals surface area contributed by atoms with Crippen LogP contribution in [-0.4, -0.2) is 34.0 Å². The summed E-state index contributed by atoms with van der Waals surface area (Å²) >= 11 is 0. The highest BCUT2D eigenvalue weighted by Gasteiger charge is 2.39. The SMILES string of the molecule is Cc1c2n(c(CC3(c4cccc(C5CCC5)c4)CCCC3)nc1=O)CCN(C)C2=O. The third kappa shape index (κ3) is 3.10. The number of likely N-dealkylation sites (N-methyl/N-ethyl adjacent to an activating group) is 1. The van der Waals surface area contributed by atoms with Crippen molar-refractivity contribution in [3.05, 3.63) is 62.8 Å². The molecule has 1 amide bonds. The van der Waals surface area contributed by atoms with Gasteiger partial charge in [-0.25, -0.2) is 0 Å². The van der Waals surface area contributed by atoms with Gasteiger partial charge in [0.25, 0.3) is 11.5 Å². The van der Waals surface area contributed by atoms with Crippen molar-refractivity contribution < 1.29 is 4.79 Å². The van der Waals surface area contributed by atoms with Crippen molar-refractivity contribution in [2.24, 2.45) is 0 Å². The summed E-state index contributed by atoms with van der Waals surface area (Å²) in [4.78, 5) is 31.7. The first-order chi connectivity index (χ1) is 14.5. The Balaban J connectivity index is 1.57. The summed E-state index contributed by atoms with van der Waals surface area (Å²) in [6.07, 6.45) is 9.33. The molecule has 5 rings (SSSR count). The van der Waals surface area contributed by atoms with Gasteiger partial charge in [-0.05, 0) is 49.7 Å². The van der Waals surface area contributed by atoms with E-state index < -0.39 is 0 Å². The second-order valence-electron chi connectivity index (χ2n) is 9.60. The van der Waals surface area contributed by atoms with Gasteiger partial charge in [0.2, 0.25) is 0 Å². The maximum atomic E-state index is 12.8. The molecule has 3 aliphatic rings. The summed E-state index contributed by atoms with van der Waals surface area (Å²) in [6, 6.07) is 9.19. The molecule has 0 atom stereocenters. The number of carbonyl (C=O) groups excluding carboxylic acids is 1. The number of fused-ring (bicyclic) bond motifs is 1. The molecule has 2 saturated carbocycles. The molecule has 0 spiro atoms. The van der Waals surface area contributed by atoms with E-state index in [1.54, 1.807) is 18.9 Å². The fraction of sp³-hybridized carbons (Fsp3) is 0.560. The molecule has 5 nitrogen and oxygen atoms in total. The van der Waals surface area contributed by atoms with Crippen LogP contribution < -0.4 is 5.56 Å². The first kappa shape index (κ1) is 19.5. The van der Waals surface area contributed by atoms with Crippen molar-refractivity contribution in [3.63, 3.8) is 0 Å². The molecule has 0 N–H and O–H groups in total. The highest BCUT2D eigenvalue weighted by Crippen LogP contribution is 2.45. The third-order valence-electron chi connectivity index (χ3n) is 7.83. The molecule has 2 fully saturated rings. The van der Waals surface area contributed by atoms with Crippen LogP contribution in [0.3, 0.4) is 0 Å². The number of nitrogens with zero attached hydrogens (tertiary/aromatic N) is 3. The Morgan fingerprint density at radius 2 is 1.87 bits per heavy atom. The standard InChI is InChI=1S/C25H31N3O2/c1-17-22-24(30)27(2)13-14-28(22)21(26-23(17)29)16-25(11-3-4-12-25)20-10-6-9-19(15-20)18-7-5-8-18/h6,9-10,15,18H,3-5,7-8,11-14,16H2,1-2H3. The highest BCUT2D eigenvalue weighted by molar-refractivity contribution is 5.94.